The Balaban J connectivity index is 1.56. The maximum atomic E-state index is 14.0. The molecular weight excluding hydrogens is 488 g/mol. The third kappa shape index (κ3) is 3.64. The number of ketones is 1. The van der Waals surface area contributed by atoms with Crippen molar-refractivity contribution in [1.82, 2.24) is 4.98 Å². The van der Waals surface area contributed by atoms with Crippen molar-refractivity contribution in [3.05, 3.63) is 112 Å². The standard InChI is InChI=1S/C30H23ClN2O4/c1-3-17-8-11-20(12-9-17)33-27(25-16(2)32-22-7-5-4-6-21(22)25)26(29(35)30(33)36)28(34)24-15-18-14-19(31)10-13-23(18)37-24/h4-15,27,32,35H,3H2,1-2H3. The predicted molar refractivity (Wildman–Crippen MR) is 144 cm³/mol. The first kappa shape index (κ1) is 23.1. The Labute approximate surface area is 217 Å². The van der Waals surface area contributed by atoms with Crippen molar-refractivity contribution >= 4 is 50.9 Å². The number of benzene rings is 3. The second kappa shape index (κ2) is 8.68. The van der Waals surface area contributed by atoms with Gasteiger partial charge >= 0.3 is 0 Å². The average molecular weight is 511 g/mol. The number of aliphatic hydroxyl groups excluding tert-OH is 1. The number of H-pyrrole nitrogens is 1. The van der Waals surface area contributed by atoms with Gasteiger partial charge in [0.05, 0.1) is 11.6 Å². The van der Waals surface area contributed by atoms with Gasteiger partial charge < -0.3 is 14.5 Å². The number of halogens is 1. The van der Waals surface area contributed by atoms with Crippen LogP contribution in [-0.4, -0.2) is 21.8 Å². The molecule has 37 heavy (non-hydrogen) atoms. The number of aromatic nitrogens is 1. The van der Waals surface area contributed by atoms with Gasteiger partial charge in [-0.05, 0) is 61.4 Å². The molecule has 0 bridgehead atoms. The zero-order valence-electron chi connectivity index (χ0n) is 20.2. The van der Waals surface area contributed by atoms with Crippen LogP contribution in [0.5, 0.6) is 0 Å². The first-order valence-electron chi connectivity index (χ1n) is 12.0. The fourth-order valence-corrected chi connectivity index (χ4v) is 5.36. The number of rotatable bonds is 5. The molecule has 5 aromatic rings. The molecule has 2 aromatic heterocycles. The second-order valence-corrected chi connectivity index (χ2v) is 9.63. The molecule has 1 amide bonds. The summed E-state index contributed by atoms with van der Waals surface area (Å²) in [5.74, 6) is -1.75. The number of carbonyl (C=O) groups is 2. The molecule has 1 atom stereocenters. The number of hydrogen-bond acceptors (Lipinski definition) is 4. The van der Waals surface area contributed by atoms with Crippen LogP contribution in [0.25, 0.3) is 21.9 Å². The molecule has 6 rings (SSSR count). The quantitative estimate of drug-likeness (QED) is 0.244. The lowest BCUT2D eigenvalue weighted by molar-refractivity contribution is -0.117. The largest absolute Gasteiger partial charge is 0.503 e. The molecule has 7 heteroatoms. The molecular formula is C30H23ClN2O4. The van der Waals surface area contributed by atoms with Crippen LogP contribution < -0.4 is 4.90 Å². The Morgan fingerprint density at radius 1 is 1.08 bits per heavy atom. The summed E-state index contributed by atoms with van der Waals surface area (Å²) >= 11 is 6.12. The van der Waals surface area contributed by atoms with Crippen LogP contribution in [0, 0.1) is 6.92 Å². The lowest BCUT2D eigenvalue weighted by Gasteiger charge is -2.27. The summed E-state index contributed by atoms with van der Waals surface area (Å²) in [6.07, 6.45) is 0.850. The number of aromatic amines is 1. The van der Waals surface area contributed by atoms with E-state index >= 15 is 0 Å². The normalized spacial score (nSPS) is 15.9. The third-order valence-corrected chi connectivity index (χ3v) is 7.23. The van der Waals surface area contributed by atoms with Gasteiger partial charge in [0.1, 0.15) is 5.58 Å². The molecule has 2 N–H and O–H groups in total. The zero-order chi connectivity index (χ0) is 25.8. The summed E-state index contributed by atoms with van der Waals surface area (Å²) in [4.78, 5) is 32.4. The number of aryl methyl sites for hydroxylation is 2. The molecule has 0 fully saturated rings. The highest BCUT2D eigenvalue weighted by Gasteiger charge is 2.46. The minimum Gasteiger partial charge on any atom is -0.503 e. The van der Waals surface area contributed by atoms with Crippen molar-refractivity contribution in [1.29, 1.82) is 0 Å². The number of Topliss-reactive ketones (excluding diaryl/α,β-unsaturated/α-hetero) is 1. The molecule has 0 saturated carbocycles. The van der Waals surface area contributed by atoms with Crippen molar-refractivity contribution in [3.63, 3.8) is 0 Å². The topological polar surface area (TPSA) is 86.5 Å². The summed E-state index contributed by atoms with van der Waals surface area (Å²) in [5.41, 5.74) is 4.58. The van der Waals surface area contributed by atoms with E-state index in [2.05, 4.69) is 11.9 Å². The number of fused-ring (bicyclic) bond motifs is 2. The monoisotopic (exact) mass is 510 g/mol. The van der Waals surface area contributed by atoms with E-state index in [0.29, 0.717) is 21.7 Å². The highest BCUT2D eigenvalue weighted by atomic mass is 35.5. The van der Waals surface area contributed by atoms with Crippen LogP contribution in [0.4, 0.5) is 5.69 Å². The van der Waals surface area contributed by atoms with E-state index in [0.717, 1.165) is 34.1 Å². The smallest absolute Gasteiger partial charge is 0.294 e. The number of para-hydroxylation sites is 1. The highest BCUT2D eigenvalue weighted by Crippen LogP contribution is 2.45. The Morgan fingerprint density at radius 2 is 1.84 bits per heavy atom. The van der Waals surface area contributed by atoms with E-state index in [1.165, 1.54) is 4.90 Å². The minimum atomic E-state index is -0.861. The number of nitrogens with one attached hydrogen (secondary N) is 1. The molecule has 3 aromatic carbocycles. The lowest BCUT2D eigenvalue weighted by Crippen LogP contribution is -2.31. The fraction of sp³-hybridized carbons (Fsp3) is 0.133. The van der Waals surface area contributed by atoms with Gasteiger partial charge in [-0.3, -0.25) is 14.5 Å². The van der Waals surface area contributed by atoms with E-state index in [4.69, 9.17) is 16.0 Å². The maximum Gasteiger partial charge on any atom is 0.294 e. The van der Waals surface area contributed by atoms with Gasteiger partial charge in [0.15, 0.2) is 11.5 Å². The predicted octanol–water partition coefficient (Wildman–Crippen LogP) is 7.22. The van der Waals surface area contributed by atoms with Crippen LogP contribution in [0.1, 0.15) is 40.3 Å². The van der Waals surface area contributed by atoms with Crippen molar-refractivity contribution in [2.24, 2.45) is 0 Å². The van der Waals surface area contributed by atoms with Gasteiger partial charge in [0, 0.05) is 38.3 Å². The Morgan fingerprint density at radius 3 is 2.59 bits per heavy atom. The van der Waals surface area contributed by atoms with E-state index in [1.807, 2.05) is 55.5 Å². The minimum absolute atomic E-state index is 0.0253. The van der Waals surface area contributed by atoms with Crippen LogP contribution in [0.2, 0.25) is 5.02 Å². The second-order valence-electron chi connectivity index (χ2n) is 9.19. The number of anilines is 1. The molecule has 0 aliphatic carbocycles. The maximum absolute atomic E-state index is 14.0. The zero-order valence-corrected chi connectivity index (χ0v) is 21.0. The Kier molecular flexibility index (Phi) is 5.42. The number of amides is 1. The molecule has 0 saturated heterocycles. The Hall–Kier alpha value is -4.29. The first-order valence-corrected chi connectivity index (χ1v) is 12.4. The van der Waals surface area contributed by atoms with Gasteiger partial charge in [-0.1, -0.05) is 48.9 Å². The number of furan rings is 1. The first-order chi connectivity index (χ1) is 17.9. The summed E-state index contributed by atoms with van der Waals surface area (Å²) in [6.45, 7) is 3.96. The summed E-state index contributed by atoms with van der Waals surface area (Å²) in [6, 6.07) is 21.1. The lowest BCUT2D eigenvalue weighted by atomic mass is 9.92. The van der Waals surface area contributed by atoms with Gasteiger partial charge in [-0.15, -0.1) is 0 Å². The van der Waals surface area contributed by atoms with Gasteiger partial charge in [-0.2, -0.15) is 0 Å². The third-order valence-electron chi connectivity index (χ3n) is 6.99. The number of hydrogen-bond donors (Lipinski definition) is 2. The van der Waals surface area contributed by atoms with E-state index in [9.17, 15) is 14.7 Å². The summed E-state index contributed by atoms with van der Waals surface area (Å²) in [7, 11) is 0. The van der Waals surface area contributed by atoms with Gasteiger partial charge in [-0.25, -0.2) is 0 Å². The van der Waals surface area contributed by atoms with E-state index < -0.39 is 23.5 Å². The number of carbonyl (C=O) groups excluding carboxylic acids is 2. The molecule has 3 heterocycles. The fourth-order valence-electron chi connectivity index (χ4n) is 5.18. The highest BCUT2D eigenvalue weighted by molar-refractivity contribution is 6.31. The SMILES string of the molecule is CCc1ccc(N2C(=O)C(O)=C(C(=O)c3cc4cc(Cl)ccc4o3)C2c2c(C)[nH]c3ccccc23)cc1. The molecule has 1 unspecified atom stereocenters. The number of nitrogens with zero attached hydrogens (tertiary/aromatic N) is 1. The molecule has 0 spiro atoms. The molecule has 184 valence electrons. The van der Waals surface area contributed by atoms with Gasteiger partial charge in [0.2, 0.25) is 5.78 Å². The van der Waals surface area contributed by atoms with Crippen molar-refractivity contribution in [2.45, 2.75) is 26.3 Å². The van der Waals surface area contributed by atoms with Gasteiger partial charge in [0.25, 0.3) is 5.91 Å². The van der Waals surface area contributed by atoms with Crippen LogP contribution in [0.15, 0.2) is 88.5 Å². The van der Waals surface area contributed by atoms with Crippen molar-refractivity contribution < 1.29 is 19.1 Å². The van der Waals surface area contributed by atoms with Crippen LogP contribution in [-0.2, 0) is 11.2 Å². The summed E-state index contributed by atoms with van der Waals surface area (Å²) < 4.78 is 5.84. The molecule has 1 aliphatic rings. The Bertz CT molecular complexity index is 1740. The van der Waals surface area contributed by atoms with Crippen LogP contribution >= 0.6 is 11.6 Å². The molecule has 1 aliphatic heterocycles. The molecule has 0 radical (unpaired) electrons. The van der Waals surface area contributed by atoms with E-state index in [-0.39, 0.29) is 11.3 Å². The van der Waals surface area contributed by atoms with Crippen molar-refractivity contribution in [2.75, 3.05) is 4.90 Å². The van der Waals surface area contributed by atoms with Crippen molar-refractivity contribution in [3.8, 4) is 0 Å². The molecule has 6 nitrogen and oxygen atoms in total. The average Bonchev–Trinajstić information content (AvgIpc) is 3.54. The van der Waals surface area contributed by atoms with E-state index in [1.54, 1.807) is 24.3 Å². The number of aliphatic hydroxyl groups is 1. The summed E-state index contributed by atoms with van der Waals surface area (Å²) in [5, 5.41) is 13.2. The van der Waals surface area contributed by atoms with Crippen LogP contribution in [0.3, 0.4) is 0 Å².